The number of nitrogens with one attached hydrogen (secondary N) is 1. The second-order valence-electron chi connectivity index (χ2n) is 8.19. The first-order chi connectivity index (χ1) is 16.0. The molecule has 0 saturated heterocycles. The predicted molar refractivity (Wildman–Crippen MR) is 129 cm³/mol. The topological polar surface area (TPSA) is 92.7 Å². The molecule has 2 N–H and O–H groups in total. The van der Waals surface area contributed by atoms with Crippen LogP contribution in [-0.4, -0.2) is 44.2 Å². The first-order valence-electron chi connectivity index (χ1n) is 10.5. The third kappa shape index (κ3) is 3.95. The van der Waals surface area contributed by atoms with Crippen molar-refractivity contribution in [3.05, 3.63) is 95.4 Å². The predicted octanol–water partition coefficient (Wildman–Crippen LogP) is 4.62. The molecular formula is C26H22N6O. The van der Waals surface area contributed by atoms with Crippen LogP contribution in [0, 0.1) is 11.3 Å². The van der Waals surface area contributed by atoms with E-state index in [0.717, 1.165) is 28.8 Å². The molecule has 0 saturated carbocycles. The normalized spacial score (nSPS) is 12.0. The zero-order chi connectivity index (χ0) is 22.9. The van der Waals surface area contributed by atoms with Gasteiger partial charge in [0.15, 0.2) is 5.88 Å². The molecule has 0 aliphatic heterocycles. The van der Waals surface area contributed by atoms with Gasteiger partial charge in [-0.15, -0.1) is 0 Å². The van der Waals surface area contributed by atoms with Crippen LogP contribution in [-0.2, 0) is 6.54 Å². The summed E-state index contributed by atoms with van der Waals surface area (Å²) in [7, 11) is 4.07. The number of aliphatic imine (C=N–C) groups is 1. The summed E-state index contributed by atoms with van der Waals surface area (Å²) in [4.78, 5) is 14.5. The Balaban J connectivity index is 1.70. The number of fused-ring (bicyclic) bond motifs is 2. The molecule has 162 valence electrons. The fourth-order valence-corrected chi connectivity index (χ4v) is 3.98. The smallest absolute Gasteiger partial charge is 0.199 e. The summed E-state index contributed by atoms with van der Waals surface area (Å²) in [6.45, 7) is 0.845. The quantitative estimate of drug-likeness (QED) is 0.395. The van der Waals surface area contributed by atoms with Gasteiger partial charge in [0.1, 0.15) is 5.65 Å². The molecule has 0 amide bonds. The van der Waals surface area contributed by atoms with Crippen molar-refractivity contribution in [2.45, 2.75) is 6.54 Å². The van der Waals surface area contributed by atoms with E-state index in [1.807, 2.05) is 61.2 Å². The number of aromatic amines is 1. The van der Waals surface area contributed by atoms with Crippen molar-refractivity contribution in [3.63, 3.8) is 0 Å². The van der Waals surface area contributed by atoms with Gasteiger partial charge in [-0.25, -0.2) is 9.98 Å². The SMILES string of the molecule is CN(C)Cc1ccc(N=C(c2ccn3ccnc3c2)c2c(O)[nH]c3cc(C#N)ccc23)cc1. The van der Waals surface area contributed by atoms with E-state index < -0.39 is 0 Å². The van der Waals surface area contributed by atoms with Crippen molar-refractivity contribution in [2.75, 3.05) is 14.1 Å². The number of H-pyrrole nitrogens is 1. The van der Waals surface area contributed by atoms with Crippen LogP contribution in [0.1, 0.15) is 22.3 Å². The van der Waals surface area contributed by atoms with Gasteiger partial charge >= 0.3 is 0 Å². The Kier molecular flexibility index (Phi) is 5.13. The van der Waals surface area contributed by atoms with Gasteiger partial charge in [-0.05, 0) is 56.1 Å². The van der Waals surface area contributed by atoms with Crippen LogP contribution in [0.25, 0.3) is 16.6 Å². The summed E-state index contributed by atoms with van der Waals surface area (Å²) in [5.74, 6) is 0.00582. The van der Waals surface area contributed by atoms with Gasteiger partial charge < -0.3 is 19.4 Å². The molecule has 5 aromatic rings. The molecular weight excluding hydrogens is 412 g/mol. The van der Waals surface area contributed by atoms with Gasteiger partial charge in [-0.1, -0.05) is 18.2 Å². The van der Waals surface area contributed by atoms with Crippen LogP contribution in [0.15, 0.2) is 78.2 Å². The van der Waals surface area contributed by atoms with Crippen molar-refractivity contribution >= 4 is 27.9 Å². The summed E-state index contributed by atoms with van der Waals surface area (Å²) in [5, 5.41) is 20.9. The molecule has 3 aromatic heterocycles. The highest BCUT2D eigenvalue weighted by Crippen LogP contribution is 2.32. The lowest BCUT2D eigenvalue weighted by Crippen LogP contribution is -2.10. The van der Waals surface area contributed by atoms with E-state index in [1.54, 1.807) is 18.3 Å². The third-order valence-corrected chi connectivity index (χ3v) is 5.49. The zero-order valence-electron chi connectivity index (χ0n) is 18.3. The monoisotopic (exact) mass is 434 g/mol. The van der Waals surface area contributed by atoms with E-state index in [-0.39, 0.29) is 5.88 Å². The second kappa shape index (κ2) is 8.26. The van der Waals surface area contributed by atoms with Crippen LogP contribution < -0.4 is 0 Å². The molecule has 0 fully saturated rings. The fourth-order valence-electron chi connectivity index (χ4n) is 3.98. The molecule has 0 radical (unpaired) electrons. The number of pyridine rings is 1. The standard InChI is InChI=1S/C26H22N6O/c1-31(2)16-17-3-6-20(7-4-17)29-25(19-9-11-32-12-10-28-23(32)14-19)24-21-8-5-18(15-27)13-22(21)30-26(24)33/h3-14,30,33H,16H2,1-2H3. The van der Waals surface area contributed by atoms with Gasteiger partial charge in [0.2, 0.25) is 0 Å². The van der Waals surface area contributed by atoms with Gasteiger partial charge in [0.05, 0.1) is 34.1 Å². The van der Waals surface area contributed by atoms with E-state index >= 15 is 0 Å². The lowest BCUT2D eigenvalue weighted by atomic mass is 10.0. The van der Waals surface area contributed by atoms with E-state index in [4.69, 9.17) is 4.99 Å². The highest BCUT2D eigenvalue weighted by molar-refractivity contribution is 6.22. The number of nitrogens with zero attached hydrogens (tertiary/aromatic N) is 5. The first-order valence-corrected chi connectivity index (χ1v) is 10.5. The van der Waals surface area contributed by atoms with Gasteiger partial charge in [-0.3, -0.25) is 0 Å². The Labute approximate surface area is 190 Å². The Morgan fingerprint density at radius 3 is 2.70 bits per heavy atom. The van der Waals surface area contributed by atoms with Crippen LogP contribution in [0.4, 0.5) is 5.69 Å². The summed E-state index contributed by atoms with van der Waals surface area (Å²) < 4.78 is 1.92. The van der Waals surface area contributed by atoms with E-state index in [0.29, 0.717) is 22.4 Å². The average Bonchev–Trinajstić information content (AvgIpc) is 3.40. The van der Waals surface area contributed by atoms with Crippen molar-refractivity contribution in [1.29, 1.82) is 5.26 Å². The number of hydrogen-bond donors (Lipinski definition) is 2. The van der Waals surface area contributed by atoms with Crippen LogP contribution >= 0.6 is 0 Å². The molecule has 7 nitrogen and oxygen atoms in total. The number of imidazole rings is 1. The summed E-state index contributed by atoms with van der Waals surface area (Å²) >= 11 is 0. The van der Waals surface area contributed by atoms with Crippen molar-refractivity contribution < 1.29 is 5.11 Å². The van der Waals surface area contributed by atoms with Gasteiger partial charge in [0, 0.05) is 36.1 Å². The second-order valence-corrected chi connectivity index (χ2v) is 8.19. The largest absolute Gasteiger partial charge is 0.494 e. The first kappa shape index (κ1) is 20.5. The molecule has 0 bridgehead atoms. The number of rotatable bonds is 5. The van der Waals surface area contributed by atoms with Gasteiger partial charge in [0.25, 0.3) is 0 Å². The number of hydrogen-bond acceptors (Lipinski definition) is 5. The Morgan fingerprint density at radius 2 is 1.94 bits per heavy atom. The maximum atomic E-state index is 10.9. The van der Waals surface area contributed by atoms with Crippen molar-refractivity contribution in [3.8, 4) is 11.9 Å². The molecule has 7 heteroatoms. The minimum absolute atomic E-state index is 0.00582. The molecule has 2 aromatic carbocycles. The molecule has 33 heavy (non-hydrogen) atoms. The van der Waals surface area contributed by atoms with Crippen molar-refractivity contribution in [2.24, 2.45) is 4.99 Å². The molecule has 0 aliphatic rings. The molecule has 0 spiro atoms. The Morgan fingerprint density at radius 1 is 1.12 bits per heavy atom. The molecule has 0 unspecified atom stereocenters. The maximum absolute atomic E-state index is 10.9. The van der Waals surface area contributed by atoms with Crippen LogP contribution in [0.5, 0.6) is 5.88 Å². The summed E-state index contributed by atoms with van der Waals surface area (Å²) in [6.07, 6.45) is 5.55. The minimum atomic E-state index is 0.00582. The van der Waals surface area contributed by atoms with Crippen molar-refractivity contribution in [1.82, 2.24) is 19.3 Å². The van der Waals surface area contributed by atoms with E-state index in [1.165, 1.54) is 5.56 Å². The van der Waals surface area contributed by atoms with Crippen LogP contribution in [0.3, 0.4) is 0 Å². The highest BCUT2D eigenvalue weighted by atomic mass is 16.3. The summed E-state index contributed by atoms with van der Waals surface area (Å²) in [6, 6.07) is 19.4. The van der Waals surface area contributed by atoms with Gasteiger partial charge in [-0.2, -0.15) is 5.26 Å². The number of aromatic hydroxyl groups is 1. The number of nitriles is 1. The number of aromatic nitrogens is 3. The molecule has 0 aliphatic carbocycles. The summed E-state index contributed by atoms with van der Waals surface area (Å²) in [5.41, 5.74) is 5.98. The molecule has 3 heterocycles. The minimum Gasteiger partial charge on any atom is -0.494 e. The van der Waals surface area contributed by atoms with E-state index in [9.17, 15) is 10.4 Å². The lowest BCUT2D eigenvalue weighted by molar-refractivity contribution is 0.402. The average molecular weight is 435 g/mol. The highest BCUT2D eigenvalue weighted by Gasteiger charge is 2.19. The number of benzene rings is 2. The Hall–Kier alpha value is -4.41. The third-order valence-electron chi connectivity index (χ3n) is 5.49. The molecule has 0 atom stereocenters. The van der Waals surface area contributed by atoms with Crippen LogP contribution in [0.2, 0.25) is 0 Å². The fraction of sp³-hybridized carbons (Fsp3) is 0.115. The zero-order valence-corrected chi connectivity index (χ0v) is 18.3. The Bertz CT molecular complexity index is 1530. The lowest BCUT2D eigenvalue weighted by Gasteiger charge is -2.11. The van der Waals surface area contributed by atoms with E-state index in [2.05, 4.69) is 33.1 Å². The maximum Gasteiger partial charge on any atom is 0.199 e. The molecule has 5 rings (SSSR count).